The van der Waals surface area contributed by atoms with Crippen LogP contribution in [0.15, 0.2) is 58.0 Å². The first-order chi connectivity index (χ1) is 12.8. The van der Waals surface area contributed by atoms with Crippen LogP contribution in [0.2, 0.25) is 0 Å². The predicted molar refractivity (Wildman–Crippen MR) is 96.1 cm³/mol. The molecule has 0 saturated carbocycles. The maximum absolute atomic E-state index is 12.4. The molecule has 7 nitrogen and oxygen atoms in total. The maximum Gasteiger partial charge on any atom is 0.257 e. The first kappa shape index (κ1) is 14.9. The summed E-state index contributed by atoms with van der Waals surface area (Å²) in [5.41, 5.74) is 2.91. The summed E-state index contributed by atoms with van der Waals surface area (Å²) in [5.74, 6) is 0.775. The SMILES string of the molecule is O=C(c1ccoc1)N1CCN(c2ncnc3c2oc2ccccc23)CC1. The van der Waals surface area contributed by atoms with Gasteiger partial charge in [0.25, 0.3) is 5.91 Å². The second-order valence-corrected chi connectivity index (χ2v) is 6.26. The van der Waals surface area contributed by atoms with Crippen molar-refractivity contribution in [3.8, 4) is 0 Å². The Morgan fingerprint density at radius 2 is 1.88 bits per heavy atom. The molecule has 0 atom stereocenters. The molecule has 1 saturated heterocycles. The van der Waals surface area contributed by atoms with Gasteiger partial charge in [0.15, 0.2) is 11.4 Å². The van der Waals surface area contributed by atoms with Crippen LogP contribution >= 0.6 is 0 Å². The molecular formula is C19H16N4O3. The van der Waals surface area contributed by atoms with Crippen molar-refractivity contribution in [1.29, 1.82) is 0 Å². The lowest BCUT2D eigenvalue weighted by atomic mass is 10.2. The summed E-state index contributed by atoms with van der Waals surface area (Å²) in [6.45, 7) is 2.62. The summed E-state index contributed by atoms with van der Waals surface area (Å²) in [4.78, 5) is 25.3. The van der Waals surface area contributed by atoms with Crippen LogP contribution in [0.25, 0.3) is 22.1 Å². The van der Waals surface area contributed by atoms with Crippen LogP contribution in [0.4, 0.5) is 5.82 Å². The molecule has 130 valence electrons. The van der Waals surface area contributed by atoms with Gasteiger partial charge < -0.3 is 18.6 Å². The molecular weight excluding hydrogens is 332 g/mol. The third-order valence-corrected chi connectivity index (χ3v) is 4.77. The van der Waals surface area contributed by atoms with Crippen molar-refractivity contribution < 1.29 is 13.6 Å². The highest BCUT2D eigenvalue weighted by Gasteiger charge is 2.25. The number of fused-ring (bicyclic) bond motifs is 3. The highest BCUT2D eigenvalue weighted by Crippen LogP contribution is 2.32. The third kappa shape index (κ3) is 2.32. The van der Waals surface area contributed by atoms with Gasteiger partial charge in [0.05, 0.1) is 11.8 Å². The van der Waals surface area contributed by atoms with E-state index >= 15 is 0 Å². The Bertz CT molecular complexity index is 1080. The summed E-state index contributed by atoms with van der Waals surface area (Å²) in [6, 6.07) is 9.54. The molecule has 7 heteroatoms. The van der Waals surface area contributed by atoms with E-state index in [4.69, 9.17) is 8.83 Å². The smallest absolute Gasteiger partial charge is 0.257 e. The van der Waals surface area contributed by atoms with Gasteiger partial charge in [-0.3, -0.25) is 4.79 Å². The highest BCUT2D eigenvalue weighted by atomic mass is 16.3. The second-order valence-electron chi connectivity index (χ2n) is 6.26. The van der Waals surface area contributed by atoms with Gasteiger partial charge in [-0.15, -0.1) is 0 Å². The van der Waals surface area contributed by atoms with Gasteiger partial charge in [-0.1, -0.05) is 12.1 Å². The van der Waals surface area contributed by atoms with E-state index in [1.54, 1.807) is 12.4 Å². The number of anilines is 1. The quantitative estimate of drug-likeness (QED) is 0.554. The van der Waals surface area contributed by atoms with Crippen LogP contribution in [0, 0.1) is 0 Å². The van der Waals surface area contributed by atoms with Gasteiger partial charge in [-0.2, -0.15) is 0 Å². The van der Waals surface area contributed by atoms with E-state index in [1.165, 1.54) is 12.5 Å². The van der Waals surface area contributed by atoms with Crippen molar-refractivity contribution in [3.05, 3.63) is 54.7 Å². The van der Waals surface area contributed by atoms with Gasteiger partial charge in [0.1, 0.15) is 23.7 Å². The van der Waals surface area contributed by atoms with E-state index in [0.717, 1.165) is 22.3 Å². The molecule has 1 aromatic carbocycles. The van der Waals surface area contributed by atoms with Crippen molar-refractivity contribution >= 4 is 33.8 Å². The van der Waals surface area contributed by atoms with E-state index in [0.29, 0.717) is 37.3 Å². The first-order valence-corrected chi connectivity index (χ1v) is 8.50. The zero-order valence-corrected chi connectivity index (χ0v) is 14.0. The molecule has 1 fully saturated rings. The van der Waals surface area contributed by atoms with E-state index in [2.05, 4.69) is 14.9 Å². The fraction of sp³-hybridized carbons (Fsp3) is 0.211. The number of aromatic nitrogens is 2. The lowest BCUT2D eigenvalue weighted by molar-refractivity contribution is 0.0746. The Morgan fingerprint density at radius 3 is 2.69 bits per heavy atom. The number of amides is 1. The summed E-state index contributed by atoms with van der Waals surface area (Å²) in [7, 11) is 0. The molecule has 0 N–H and O–H groups in total. The molecule has 0 unspecified atom stereocenters. The van der Waals surface area contributed by atoms with Crippen LogP contribution in [0.3, 0.4) is 0 Å². The van der Waals surface area contributed by atoms with E-state index in [9.17, 15) is 4.79 Å². The van der Waals surface area contributed by atoms with Crippen LogP contribution in [-0.4, -0.2) is 47.0 Å². The van der Waals surface area contributed by atoms with Crippen LogP contribution < -0.4 is 4.90 Å². The van der Waals surface area contributed by atoms with Gasteiger partial charge >= 0.3 is 0 Å². The fourth-order valence-electron chi connectivity index (χ4n) is 3.43. The van der Waals surface area contributed by atoms with Crippen LogP contribution in [0.5, 0.6) is 0 Å². The predicted octanol–water partition coefficient (Wildman–Crippen LogP) is 2.93. The molecule has 1 aliphatic heterocycles. The number of piperazine rings is 1. The number of nitrogens with zero attached hydrogens (tertiary/aromatic N) is 4. The van der Waals surface area contributed by atoms with Crippen molar-refractivity contribution in [2.24, 2.45) is 0 Å². The van der Waals surface area contributed by atoms with Crippen LogP contribution in [-0.2, 0) is 0 Å². The standard InChI is InChI=1S/C19H16N4O3/c24-19(13-5-10-25-11-13)23-8-6-22(7-9-23)18-17-16(20-12-21-18)14-3-1-2-4-15(14)26-17/h1-5,10-12H,6-9H2. The van der Waals surface area contributed by atoms with Crippen molar-refractivity contribution in [1.82, 2.24) is 14.9 Å². The van der Waals surface area contributed by atoms with Gasteiger partial charge in [-0.25, -0.2) is 9.97 Å². The molecule has 3 aromatic heterocycles. The lowest BCUT2D eigenvalue weighted by Crippen LogP contribution is -2.49. The summed E-state index contributed by atoms with van der Waals surface area (Å²) in [5, 5.41) is 0.986. The zero-order valence-electron chi connectivity index (χ0n) is 14.0. The maximum atomic E-state index is 12.4. The first-order valence-electron chi connectivity index (χ1n) is 8.50. The van der Waals surface area contributed by atoms with Crippen LogP contribution in [0.1, 0.15) is 10.4 Å². The molecule has 1 aliphatic rings. The molecule has 0 aliphatic carbocycles. The Balaban J connectivity index is 1.42. The fourth-order valence-corrected chi connectivity index (χ4v) is 3.43. The minimum Gasteiger partial charge on any atom is -0.472 e. The van der Waals surface area contributed by atoms with Gasteiger partial charge in [-0.05, 0) is 18.2 Å². The number of hydrogen-bond donors (Lipinski definition) is 0. The molecule has 5 rings (SSSR count). The lowest BCUT2D eigenvalue weighted by Gasteiger charge is -2.35. The number of para-hydroxylation sites is 1. The Hall–Kier alpha value is -3.35. The van der Waals surface area contributed by atoms with Crippen molar-refractivity contribution in [2.45, 2.75) is 0 Å². The van der Waals surface area contributed by atoms with Crippen molar-refractivity contribution in [2.75, 3.05) is 31.1 Å². The Morgan fingerprint density at radius 1 is 1.04 bits per heavy atom. The molecule has 1 amide bonds. The zero-order chi connectivity index (χ0) is 17.5. The summed E-state index contributed by atoms with van der Waals surface area (Å²) < 4.78 is 11.0. The third-order valence-electron chi connectivity index (χ3n) is 4.77. The Labute approximate surface area is 148 Å². The monoisotopic (exact) mass is 348 g/mol. The average Bonchev–Trinajstić information content (AvgIpc) is 3.35. The summed E-state index contributed by atoms with van der Waals surface area (Å²) >= 11 is 0. The normalized spacial score (nSPS) is 15.1. The van der Waals surface area contributed by atoms with Gasteiger partial charge in [0, 0.05) is 31.6 Å². The molecule has 4 aromatic rings. The minimum atomic E-state index is -0.00466. The number of carbonyl (C=O) groups excluding carboxylic acids is 1. The summed E-state index contributed by atoms with van der Waals surface area (Å²) in [6.07, 6.45) is 4.57. The second kappa shape index (κ2) is 5.87. The number of furan rings is 2. The van der Waals surface area contributed by atoms with Crippen molar-refractivity contribution in [3.63, 3.8) is 0 Å². The van der Waals surface area contributed by atoms with E-state index in [1.807, 2.05) is 29.2 Å². The largest absolute Gasteiger partial charge is 0.472 e. The molecule has 0 bridgehead atoms. The minimum absolute atomic E-state index is 0.00466. The number of carbonyl (C=O) groups is 1. The topological polar surface area (TPSA) is 75.6 Å². The molecule has 0 radical (unpaired) electrons. The van der Waals surface area contributed by atoms with E-state index in [-0.39, 0.29) is 5.91 Å². The Kier molecular flexibility index (Phi) is 3.38. The van der Waals surface area contributed by atoms with E-state index < -0.39 is 0 Å². The number of rotatable bonds is 2. The number of hydrogen-bond acceptors (Lipinski definition) is 6. The highest BCUT2D eigenvalue weighted by molar-refractivity contribution is 6.05. The number of benzene rings is 1. The van der Waals surface area contributed by atoms with Gasteiger partial charge in [0.2, 0.25) is 0 Å². The average molecular weight is 348 g/mol. The molecule has 26 heavy (non-hydrogen) atoms. The molecule has 0 spiro atoms. The molecule has 4 heterocycles.